The summed E-state index contributed by atoms with van der Waals surface area (Å²) in [6, 6.07) is 18.5. The Bertz CT molecular complexity index is 951. The molecule has 0 radical (unpaired) electrons. The molecule has 1 atom stereocenters. The van der Waals surface area contributed by atoms with Crippen LogP contribution in [0.15, 0.2) is 60.8 Å². The van der Waals surface area contributed by atoms with Crippen LogP contribution in [0.25, 0.3) is 10.9 Å². The van der Waals surface area contributed by atoms with Gasteiger partial charge in [-0.1, -0.05) is 48.5 Å². The van der Waals surface area contributed by atoms with Gasteiger partial charge in [-0.05, 0) is 23.6 Å². The maximum absolute atomic E-state index is 12.8. The number of aliphatic hydroxyl groups excluding tert-OH is 1. The Kier molecular flexibility index (Phi) is 5.46. The summed E-state index contributed by atoms with van der Waals surface area (Å²) in [6.45, 7) is 2.56. The van der Waals surface area contributed by atoms with Crippen LogP contribution in [0.2, 0.25) is 0 Å². The van der Waals surface area contributed by atoms with Crippen molar-refractivity contribution in [3.63, 3.8) is 0 Å². The SMILES string of the molecule is Cn1cc(CN2CC(=O)N(CCc3ccccc3)CC(O)C2)c2ccccc21. The van der Waals surface area contributed by atoms with Crippen LogP contribution < -0.4 is 0 Å². The molecule has 1 fully saturated rings. The summed E-state index contributed by atoms with van der Waals surface area (Å²) in [5.74, 6) is 0.0905. The highest BCUT2D eigenvalue weighted by molar-refractivity contribution is 5.84. The van der Waals surface area contributed by atoms with Crippen molar-refractivity contribution in [1.82, 2.24) is 14.4 Å². The number of fused-ring (bicyclic) bond motifs is 1. The van der Waals surface area contributed by atoms with Crippen LogP contribution in [0.1, 0.15) is 11.1 Å². The van der Waals surface area contributed by atoms with Crippen LogP contribution in [0.4, 0.5) is 0 Å². The van der Waals surface area contributed by atoms with Crippen LogP contribution in [-0.4, -0.2) is 57.7 Å². The predicted molar refractivity (Wildman–Crippen MR) is 111 cm³/mol. The monoisotopic (exact) mass is 377 g/mol. The number of aromatic nitrogens is 1. The number of para-hydroxylation sites is 1. The number of benzene rings is 2. The zero-order chi connectivity index (χ0) is 19.5. The van der Waals surface area contributed by atoms with E-state index in [-0.39, 0.29) is 5.91 Å². The lowest BCUT2D eigenvalue weighted by Crippen LogP contribution is -2.38. The van der Waals surface area contributed by atoms with Gasteiger partial charge in [0.15, 0.2) is 0 Å². The van der Waals surface area contributed by atoms with Crippen LogP contribution >= 0.6 is 0 Å². The fourth-order valence-corrected chi connectivity index (χ4v) is 4.11. The summed E-state index contributed by atoms with van der Waals surface area (Å²) >= 11 is 0. The minimum Gasteiger partial charge on any atom is -0.390 e. The van der Waals surface area contributed by atoms with Gasteiger partial charge in [0.25, 0.3) is 0 Å². The summed E-state index contributed by atoms with van der Waals surface area (Å²) in [6.07, 6.45) is 2.40. The van der Waals surface area contributed by atoms with E-state index in [4.69, 9.17) is 0 Å². The average molecular weight is 377 g/mol. The highest BCUT2D eigenvalue weighted by atomic mass is 16.3. The van der Waals surface area contributed by atoms with Gasteiger partial charge in [0.2, 0.25) is 5.91 Å². The lowest BCUT2D eigenvalue weighted by Gasteiger charge is -2.22. The van der Waals surface area contributed by atoms with Crippen molar-refractivity contribution in [1.29, 1.82) is 0 Å². The van der Waals surface area contributed by atoms with Gasteiger partial charge in [0.1, 0.15) is 0 Å². The molecule has 1 unspecified atom stereocenters. The molecule has 2 heterocycles. The summed E-state index contributed by atoms with van der Waals surface area (Å²) in [7, 11) is 2.04. The van der Waals surface area contributed by atoms with E-state index in [1.165, 1.54) is 22.0 Å². The van der Waals surface area contributed by atoms with Gasteiger partial charge >= 0.3 is 0 Å². The molecular formula is C23H27N3O2. The van der Waals surface area contributed by atoms with E-state index in [1.807, 2.05) is 37.4 Å². The van der Waals surface area contributed by atoms with Gasteiger partial charge in [0.05, 0.1) is 12.6 Å². The largest absolute Gasteiger partial charge is 0.390 e. The maximum atomic E-state index is 12.8. The van der Waals surface area contributed by atoms with Crippen molar-refractivity contribution in [3.05, 3.63) is 71.9 Å². The second-order valence-electron chi connectivity index (χ2n) is 7.68. The lowest BCUT2D eigenvalue weighted by atomic mass is 10.1. The highest BCUT2D eigenvalue weighted by Crippen LogP contribution is 2.22. The Morgan fingerprint density at radius 2 is 1.79 bits per heavy atom. The second kappa shape index (κ2) is 8.17. The summed E-state index contributed by atoms with van der Waals surface area (Å²) < 4.78 is 2.12. The number of hydrogen-bond donors (Lipinski definition) is 1. The van der Waals surface area contributed by atoms with Gasteiger partial charge < -0.3 is 14.6 Å². The van der Waals surface area contributed by atoms with Crippen molar-refractivity contribution < 1.29 is 9.90 Å². The smallest absolute Gasteiger partial charge is 0.236 e. The fraction of sp³-hybridized carbons (Fsp3) is 0.348. The number of aryl methyl sites for hydroxylation is 1. The minimum atomic E-state index is -0.530. The molecule has 3 aromatic rings. The minimum absolute atomic E-state index is 0.0905. The van der Waals surface area contributed by atoms with Gasteiger partial charge in [0, 0.05) is 50.3 Å². The third kappa shape index (κ3) is 4.11. The van der Waals surface area contributed by atoms with E-state index in [9.17, 15) is 9.90 Å². The third-order valence-electron chi connectivity index (χ3n) is 5.50. The van der Waals surface area contributed by atoms with E-state index in [0.29, 0.717) is 32.7 Å². The maximum Gasteiger partial charge on any atom is 0.236 e. The topological polar surface area (TPSA) is 48.7 Å². The molecule has 5 heteroatoms. The highest BCUT2D eigenvalue weighted by Gasteiger charge is 2.27. The number of rotatable bonds is 5. The van der Waals surface area contributed by atoms with Crippen LogP contribution in [0.5, 0.6) is 0 Å². The number of carbonyl (C=O) groups excluding carboxylic acids is 1. The van der Waals surface area contributed by atoms with Gasteiger partial charge in [-0.2, -0.15) is 0 Å². The van der Waals surface area contributed by atoms with Gasteiger partial charge in [-0.15, -0.1) is 0 Å². The van der Waals surface area contributed by atoms with Crippen molar-refractivity contribution in [3.8, 4) is 0 Å². The average Bonchev–Trinajstić information content (AvgIpc) is 2.93. The Morgan fingerprint density at radius 1 is 1.04 bits per heavy atom. The van der Waals surface area contributed by atoms with Crippen molar-refractivity contribution >= 4 is 16.8 Å². The normalized spacial score (nSPS) is 18.6. The quantitative estimate of drug-likeness (QED) is 0.743. The van der Waals surface area contributed by atoms with E-state index in [0.717, 1.165) is 6.42 Å². The molecule has 1 N–H and O–H groups in total. The molecule has 0 bridgehead atoms. The van der Waals surface area contributed by atoms with Crippen molar-refractivity contribution in [2.45, 2.75) is 19.1 Å². The molecule has 1 aromatic heterocycles. The van der Waals surface area contributed by atoms with E-state index in [1.54, 1.807) is 4.90 Å². The molecule has 2 aromatic carbocycles. The zero-order valence-electron chi connectivity index (χ0n) is 16.3. The molecule has 5 nitrogen and oxygen atoms in total. The lowest BCUT2D eigenvalue weighted by molar-refractivity contribution is -0.131. The number of β-amino-alcohol motifs (C(OH)–C–C–N with tert-alkyl or cyclic N) is 1. The number of hydrogen-bond acceptors (Lipinski definition) is 3. The first-order chi connectivity index (χ1) is 13.6. The van der Waals surface area contributed by atoms with Crippen molar-refractivity contribution in [2.24, 2.45) is 7.05 Å². The molecule has 0 aliphatic carbocycles. The molecule has 1 aliphatic heterocycles. The molecular weight excluding hydrogens is 350 g/mol. The van der Waals surface area contributed by atoms with Crippen LogP contribution in [-0.2, 0) is 24.8 Å². The third-order valence-corrected chi connectivity index (χ3v) is 5.50. The molecule has 1 saturated heterocycles. The van der Waals surface area contributed by atoms with Gasteiger partial charge in [-0.3, -0.25) is 9.69 Å². The van der Waals surface area contributed by atoms with Gasteiger partial charge in [-0.25, -0.2) is 0 Å². The predicted octanol–water partition coefficient (Wildman–Crippen LogP) is 2.43. The van der Waals surface area contributed by atoms with Crippen LogP contribution in [0, 0.1) is 0 Å². The van der Waals surface area contributed by atoms with E-state index >= 15 is 0 Å². The first-order valence-electron chi connectivity index (χ1n) is 9.85. The molecule has 28 heavy (non-hydrogen) atoms. The first kappa shape index (κ1) is 18.7. The Labute approximate surface area is 165 Å². The molecule has 1 aliphatic rings. The number of aliphatic hydroxyl groups is 1. The Balaban J connectivity index is 1.44. The number of amides is 1. The summed E-state index contributed by atoms with van der Waals surface area (Å²) in [5.41, 5.74) is 3.58. The Hall–Kier alpha value is -2.63. The van der Waals surface area contributed by atoms with Crippen molar-refractivity contribution in [2.75, 3.05) is 26.2 Å². The number of carbonyl (C=O) groups is 1. The molecule has 4 rings (SSSR count). The molecule has 146 valence electrons. The zero-order valence-corrected chi connectivity index (χ0v) is 16.3. The number of nitrogens with zero attached hydrogens (tertiary/aromatic N) is 3. The molecule has 0 saturated carbocycles. The molecule has 0 spiro atoms. The summed E-state index contributed by atoms with van der Waals surface area (Å²) in [4.78, 5) is 16.7. The first-order valence-corrected chi connectivity index (χ1v) is 9.85. The van der Waals surface area contributed by atoms with E-state index < -0.39 is 6.10 Å². The second-order valence-corrected chi connectivity index (χ2v) is 7.68. The standard InChI is InChI=1S/C23H27N3O2/c1-24-13-19(21-9-5-6-10-22(21)24)14-25-15-20(27)16-26(23(28)17-25)12-11-18-7-3-2-4-8-18/h2-10,13,20,27H,11-12,14-17H2,1H3. The fourth-order valence-electron chi connectivity index (χ4n) is 4.11. The van der Waals surface area contributed by atoms with E-state index in [2.05, 4.69) is 39.9 Å². The summed E-state index contributed by atoms with van der Waals surface area (Å²) in [5, 5.41) is 11.7. The molecule has 1 amide bonds. The van der Waals surface area contributed by atoms with Crippen LogP contribution in [0.3, 0.4) is 0 Å². The Morgan fingerprint density at radius 3 is 2.61 bits per heavy atom.